The Balaban J connectivity index is 1.94. The van der Waals surface area contributed by atoms with Gasteiger partial charge in [0.15, 0.2) is 0 Å². The van der Waals surface area contributed by atoms with Crippen molar-refractivity contribution in [3.05, 3.63) is 75.3 Å². The van der Waals surface area contributed by atoms with Crippen molar-refractivity contribution < 1.29 is 9.18 Å². The highest BCUT2D eigenvalue weighted by molar-refractivity contribution is 6.35. The van der Waals surface area contributed by atoms with E-state index in [0.717, 1.165) is 5.56 Å². The average molecular weight is 378 g/mol. The Bertz CT molecular complexity index is 952. The maximum atomic E-state index is 13.1. The van der Waals surface area contributed by atoms with Gasteiger partial charge in [0, 0.05) is 0 Å². The number of nitrogens with one attached hydrogen (secondary N) is 1. The van der Waals surface area contributed by atoms with Crippen LogP contribution < -0.4 is 5.32 Å². The molecule has 7 heteroatoms. The molecule has 0 atom stereocenters. The van der Waals surface area contributed by atoms with E-state index in [0.29, 0.717) is 22.1 Å². The Kier molecular flexibility index (Phi) is 4.79. The first kappa shape index (κ1) is 17.5. The van der Waals surface area contributed by atoms with Gasteiger partial charge in [-0.3, -0.25) is 4.79 Å². The number of anilines is 1. The lowest BCUT2D eigenvalue weighted by atomic mass is 10.2. The molecule has 0 fully saturated rings. The Morgan fingerprint density at radius 2 is 1.80 bits per heavy atom. The molecule has 4 nitrogen and oxygen atoms in total. The summed E-state index contributed by atoms with van der Waals surface area (Å²) in [6.07, 6.45) is 0. The average Bonchev–Trinajstić information content (AvgIpc) is 2.85. The monoisotopic (exact) mass is 377 g/mol. The molecule has 0 spiro atoms. The number of hydrogen-bond donors (Lipinski definition) is 1. The van der Waals surface area contributed by atoms with Crippen molar-refractivity contribution in [3.8, 4) is 5.69 Å². The molecule has 1 N–H and O–H groups in total. The van der Waals surface area contributed by atoms with Crippen LogP contribution in [0.2, 0.25) is 10.2 Å². The molecular formula is C18H14Cl2FN3O. The van der Waals surface area contributed by atoms with E-state index in [2.05, 4.69) is 10.4 Å². The van der Waals surface area contributed by atoms with E-state index in [1.54, 1.807) is 19.1 Å². The quantitative estimate of drug-likeness (QED) is 0.682. The Morgan fingerprint density at radius 1 is 1.12 bits per heavy atom. The molecule has 0 aliphatic heterocycles. The summed E-state index contributed by atoms with van der Waals surface area (Å²) in [5.41, 5.74) is 2.73. The number of rotatable bonds is 3. The van der Waals surface area contributed by atoms with Crippen molar-refractivity contribution in [1.29, 1.82) is 0 Å². The number of amides is 1. The molecule has 0 saturated carbocycles. The van der Waals surface area contributed by atoms with Gasteiger partial charge in [-0.15, -0.1) is 0 Å². The third-order valence-corrected chi connectivity index (χ3v) is 4.34. The molecule has 2 aromatic carbocycles. The van der Waals surface area contributed by atoms with E-state index >= 15 is 0 Å². The van der Waals surface area contributed by atoms with Crippen LogP contribution in [-0.2, 0) is 0 Å². The highest BCUT2D eigenvalue weighted by atomic mass is 35.5. The van der Waals surface area contributed by atoms with Crippen molar-refractivity contribution in [1.82, 2.24) is 9.78 Å². The number of nitrogens with zero attached hydrogens (tertiary/aromatic N) is 2. The maximum Gasteiger partial charge on any atom is 0.260 e. The molecule has 0 radical (unpaired) electrons. The van der Waals surface area contributed by atoms with Crippen LogP contribution in [-0.4, -0.2) is 15.7 Å². The second-order valence-corrected chi connectivity index (χ2v) is 6.34. The summed E-state index contributed by atoms with van der Waals surface area (Å²) in [7, 11) is 0. The smallest absolute Gasteiger partial charge is 0.260 e. The van der Waals surface area contributed by atoms with E-state index in [-0.39, 0.29) is 16.5 Å². The van der Waals surface area contributed by atoms with Crippen LogP contribution in [0.4, 0.5) is 10.1 Å². The van der Waals surface area contributed by atoms with Gasteiger partial charge in [-0.1, -0.05) is 29.3 Å². The van der Waals surface area contributed by atoms with Crippen LogP contribution in [0.5, 0.6) is 0 Å². The minimum absolute atomic E-state index is 0.143. The van der Waals surface area contributed by atoms with Gasteiger partial charge in [0.1, 0.15) is 16.5 Å². The molecule has 3 aromatic rings. The first-order valence-corrected chi connectivity index (χ1v) is 8.21. The van der Waals surface area contributed by atoms with Gasteiger partial charge >= 0.3 is 0 Å². The third kappa shape index (κ3) is 3.52. The van der Waals surface area contributed by atoms with E-state index < -0.39 is 5.91 Å². The number of aryl methyl sites for hydroxylation is 2. The van der Waals surface area contributed by atoms with Crippen LogP contribution in [0.15, 0.2) is 42.5 Å². The van der Waals surface area contributed by atoms with Crippen LogP contribution >= 0.6 is 23.2 Å². The van der Waals surface area contributed by atoms with Gasteiger partial charge < -0.3 is 5.32 Å². The summed E-state index contributed by atoms with van der Waals surface area (Å²) in [6, 6.07) is 11.0. The Labute approximate surface area is 154 Å². The zero-order valence-electron chi connectivity index (χ0n) is 13.5. The zero-order valence-corrected chi connectivity index (χ0v) is 15.0. The Hall–Kier alpha value is -2.37. The van der Waals surface area contributed by atoms with Gasteiger partial charge in [0.2, 0.25) is 0 Å². The van der Waals surface area contributed by atoms with Crippen molar-refractivity contribution in [3.63, 3.8) is 0 Å². The maximum absolute atomic E-state index is 13.1. The Morgan fingerprint density at radius 3 is 2.44 bits per heavy atom. The largest absolute Gasteiger partial charge is 0.320 e. The lowest BCUT2D eigenvalue weighted by molar-refractivity contribution is 0.102. The standard InChI is InChI=1S/C18H14Cl2FN3O/c1-10-3-8-15(14(19)9-10)22-18(25)16-11(2)23-24(17(16)20)13-6-4-12(21)5-7-13/h3-9H,1-2H3,(H,22,25). The van der Waals surface area contributed by atoms with Crippen LogP contribution in [0.1, 0.15) is 21.6 Å². The fraction of sp³-hybridized carbons (Fsp3) is 0.111. The van der Waals surface area contributed by atoms with Crippen LogP contribution in [0.25, 0.3) is 5.69 Å². The summed E-state index contributed by atoms with van der Waals surface area (Å²) in [5, 5.41) is 7.60. The zero-order chi connectivity index (χ0) is 18.1. The first-order valence-electron chi connectivity index (χ1n) is 7.45. The minimum Gasteiger partial charge on any atom is -0.320 e. The van der Waals surface area contributed by atoms with Crippen molar-refractivity contribution >= 4 is 34.8 Å². The van der Waals surface area contributed by atoms with E-state index in [4.69, 9.17) is 23.2 Å². The summed E-state index contributed by atoms with van der Waals surface area (Å²) in [5.74, 6) is -0.780. The normalized spacial score (nSPS) is 10.8. The topological polar surface area (TPSA) is 46.9 Å². The van der Waals surface area contributed by atoms with E-state index in [1.807, 2.05) is 13.0 Å². The number of carbonyl (C=O) groups excluding carboxylic acids is 1. The highest BCUT2D eigenvalue weighted by Crippen LogP contribution is 2.27. The second kappa shape index (κ2) is 6.86. The van der Waals surface area contributed by atoms with E-state index in [9.17, 15) is 9.18 Å². The van der Waals surface area contributed by atoms with Crippen LogP contribution in [0, 0.1) is 19.7 Å². The predicted octanol–water partition coefficient (Wildman–Crippen LogP) is 5.19. The first-order chi connectivity index (χ1) is 11.9. The molecule has 0 unspecified atom stereocenters. The highest BCUT2D eigenvalue weighted by Gasteiger charge is 2.21. The number of hydrogen-bond acceptors (Lipinski definition) is 2. The molecule has 1 aromatic heterocycles. The van der Waals surface area contributed by atoms with Gasteiger partial charge in [-0.25, -0.2) is 9.07 Å². The predicted molar refractivity (Wildman–Crippen MR) is 97.4 cm³/mol. The fourth-order valence-electron chi connectivity index (χ4n) is 2.42. The molecule has 0 saturated heterocycles. The number of benzene rings is 2. The van der Waals surface area contributed by atoms with Crippen LogP contribution in [0.3, 0.4) is 0 Å². The van der Waals surface area contributed by atoms with Crippen molar-refractivity contribution in [2.45, 2.75) is 13.8 Å². The number of halogens is 3. The second-order valence-electron chi connectivity index (χ2n) is 5.58. The summed E-state index contributed by atoms with van der Waals surface area (Å²) in [6.45, 7) is 3.59. The molecule has 0 aliphatic rings. The van der Waals surface area contributed by atoms with Crippen molar-refractivity contribution in [2.75, 3.05) is 5.32 Å². The molecule has 25 heavy (non-hydrogen) atoms. The molecule has 1 amide bonds. The fourth-order valence-corrected chi connectivity index (χ4v) is 3.06. The van der Waals surface area contributed by atoms with Gasteiger partial charge in [-0.05, 0) is 55.8 Å². The SMILES string of the molecule is Cc1ccc(NC(=O)c2c(C)nn(-c3ccc(F)cc3)c2Cl)c(Cl)c1. The lowest BCUT2D eigenvalue weighted by Gasteiger charge is -2.08. The molecule has 0 bridgehead atoms. The van der Waals surface area contributed by atoms with E-state index in [1.165, 1.54) is 28.9 Å². The van der Waals surface area contributed by atoms with Crippen molar-refractivity contribution in [2.24, 2.45) is 0 Å². The summed E-state index contributed by atoms with van der Waals surface area (Å²) < 4.78 is 14.5. The molecule has 3 rings (SSSR count). The van der Waals surface area contributed by atoms with Gasteiger partial charge in [-0.2, -0.15) is 5.10 Å². The van der Waals surface area contributed by atoms with Gasteiger partial charge in [0.25, 0.3) is 5.91 Å². The summed E-state index contributed by atoms with van der Waals surface area (Å²) in [4.78, 5) is 12.6. The molecular weight excluding hydrogens is 364 g/mol. The number of carbonyl (C=O) groups is 1. The third-order valence-electron chi connectivity index (χ3n) is 3.68. The van der Waals surface area contributed by atoms with Gasteiger partial charge in [0.05, 0.1) is 22.1 Å². The molecule has 0 aliphatic carbocycles. The summed E-state index contributed by atoms with van der Waals surface area (Å²) >= 11 is 12.5. The molecule has 128 valence electrons. The molecule has 1 heterocycles. The lowest BCUT2D eigenvalue weighted by Crippen LogP contribution is -2.13. The number of aromatic nitrogens is 2. The minimum atomic E-state index is -0.415.